The number of rotatable bonds is 6. The van der Waals surface area contributed by atoms with Crippen molar-refractivity contribution in [1.82, 2.24) is 4.72 Å². The standard InChI is InChI=1S/C14H22N2O3S/c1-2-16-20(17,18)14-9-4-3-8-13(14)15-11-12-7-5-6-10-19-12/h3-4,8-9,12,15-16H,2,5-7,10-11H2,1H3. The Balaban J connectivity index is 2.07. The van der Waals surface area contributed by atoms with Crippen LogP contribution in [0.3, 0.4) is 0 Å². The second kappa shape index (κ2) is 7.06. The van der Waals surface area contributed by atoms with Gasteiger partial charge in [-0.05, 0) is 31.4 Å². The number of ether oxygens (including phenoxy) is 1. The first kappa shape index (κ1) is 15.3. The van der Waals surface area contributed by atoms with Crippen LogP contribution in [0.5, 0.6) is 0 Å². The maximum atomic E-state index is 12.1. The predicted molar refractivity (Wildman–Crippen MR) is 79.4 cm³/mol. The topological polar surface area (TPSA) is 67.4 Å². The molecule has 0 aliphatic carbocycles. The van der Waals surface area contributed by atoms with E-state index in [1.165, 1.54) is 6.42 Å². The number of anilines is 1. The van der Waals surface area contributed by atoms with Crippen LogP contribution in [0.1, 0.15) is 26.2 Å². The van der Waals surface area contributed by atoms with Crippen molar-refractivity contribution in [1.29, 1.82) is 0 Å². The third-order valence-corrected chi connectivity index (χ3v) is 4.91. The van der Waals surface area contributed by atoms with E-state index in [1.807, 2.05) is 6.07 Å². The first-order valence-electron chi connectivity index (χ1n) is 7.07. The molecule has 112 valence electrons. The minimum absolute atomic E-state index is 0.165. The molecule has 1 aromatic carbocycles. The van der Waals surface area contributed by atoms with E-state index in [2.05, 4.69) is 10.0 Å². The molecule has 6 heteroatoms. The Hall–Kier alpha value is -1.11. The Labute approximate surface area is 120 Å². The maximum absolute atomic E-state index is 12.1. The highest BCUT2D eigenvalue weighted by atomic mass is 32.2. The summed E-state index contributed by atoms with van der Waals surface area (Å²) in [4.78, 5) is 0.289. The van der Waals surface area contributed by atoms with E-state index >= 15 is 0 Å². The van der Waals surface area contributed by atoms with Gasteiger partial charge in [0.2, 0.25) is 10.0 Å². The number of sulfonamides is 1. The summed E-state index contributed by atoms with van der Waals surface area (Å²) in [6.07, 6.45) is 3.47. The van der Waals surface area contributed by atoms with Gasteiger partial charge < -0.3 is 10.1 Å². The Morgan fingerprint density at radius 1 is 1.30 bits per heavy atom. The van der Waals surface area contributed by atoms with Crippen LogP contribution >= 0.6 is 0 Å². The smallest absolute Gasteiger partial charge is 0.242 e. The molecule has 2 rings (SSSR count). The van der Waals surface area contributed by atoms with E-state index in [0.29, 0.717) is 18.8 Å². The average molecular weight is 298 g/mol. The normalized spacial score (nSPS) is 19.8. The summed E-state index contributed by atoms with van der Waals surface area (Å²) in [5, 5.41) is 3.20. The average Bonchev–Trinajstić information content (AvgIpc) is 2.46. The molecule has 1 fully saturated rings. The Morgan fingerprint density at radius 2 is 2.10 bits per heavy atom. The summed E-state index contributed by atoms with van der Waals surface area (Å²) in [7, 11) is -3.45. The third-order valence-electron chi connectivity index (χ3n) is 3.31. The molecule has 5 nitrogen and oxygen atoms in total. The third kappa shape index (κ3) is 3.94. The highest BCUT2D eigenvalue weighted by molar-refractivity contribution is 7.89. The molecule has 20 heavy (non-hydrogen) atoms. The summed E-state index contributed by atoms with van der Waals surface area (Å²) in [6, 6.07) is 6.96. The summed E-state index contributed by atoms with van der Waals surface area (Å²) in [6.45, 7) is 3.58. The zero-order valence-corrected chi connectivity index (χ0v) is 12.6. The molecule has 0 bridgehead atoms. The second-order valence-electron chi connectivity index (χ2n) is 4.87. The second-order valence-corrected chi connectivity index (χ2v) is 6.60. The van der Waals surface area contributed by atoms with Crippen molar-refractivity contribution < 1.29 is 13.2 Å². The molecule has 1 aliphatic heterocycles. The SMILES string of the molecule is CCNS(=O)(=O)c1ccccc1NCC1CCCCO1. The van der Waals surface area contributed by atoms with Crippen molar-refractivity contribution >= 4 is 15.7 Å². The number of nitrogens with one attached hydrogen (secondary N) is 2. The zero-order valence-electron chi connectivity index (χ0n) is 11.8. The quantitative estimate of drug-likeness (QED) is 0.842. The summed E-state index contributed by atoms with van der Waals surface area (Å²) >= 11 is 0. The number of benzene rings is 1. The zero-order chi connectivity index (χ0) is 14.4. The summed E-state index contributed by atoms with van der Waals surface area (Å²) in [5.74, 6) is 0. The monoisotopic (exact) mass is 298 g/mol. The fraction of sp³-hybridized carbons (Fsp3) is 0.571. The number of para-hydroxylation sites is 1. The van der Waals surface area contributed by atoms with E-state index in [9.17, 15) is 8.42 Å². The highest BCUT2D eigenvalue weighted by Crippen LogP contribution is 2.21. The molecule has 1 heterocycles. The van der Waals surface area contributed by atoms with Gasteiger partial charge in [-0.15, -0.1) is 0 Å². The Kier molecular flexibility index (Phi) is 5.39. The van der Waals surface area contributed by atoms with Crippen LogP contribution in [-0.4, -0.2) is 34.2 Å². The lowest BCUT2D eigenvalue weighted by atomic mass is 10.1. The molecular formula is C14H22N2O3S. The van der Waals surface area contributed by atoms with Crippen LogP contribution in [0.2, 0.25) is 0 Å². The summed E-state index contributed by atoms with van der Waals surface area (Å²) < 4.78 is 32.4. The van der Waals surface area contributed by atoms with E-state index < -0.39 is 10.0 Å². The molecule has 0 amide bonds. The van der Waals surface area contributed by atoms with Crippen LogP contribution < -0.4 is 10.0 Å². The molecule has 1 aromatic rings. The van der Waals surface area contributed by atoms with Gasteiger partial charge >= 0.3 is 0 Å². The van der Waals surface area contributed by atoms with Gasteiger partial charge in [-0.3, -0.25) is 0 Å². The van der Waals surface area contributed by atoms with E-state index in [1.54, 1.807) is 25.1 Å². The molecular weight excluding hydrogens is 276 g/mol. The molecule has 0 spiro atoms. The van der Waals surface area contributed by atoms with Gasteiger partial charge in [-0.25, -0.2) is 13.1 Å². The van der Waals surface area contributed by atoms with Crippen molar-refractivity contribution in [2.75, 3.05) is 25.0 Å². The molecule has 0 saturated carbocycles. The van der Waals surface area contributed by atoms with Crippen molar-refractivity contribution in [3.63, 3.8) is 0 Å². The minimum Gasteiger partial charge on any atom is -0.381 e. The van der Waals surface area contributed by atoms with Gasteiger partial charge in [0.1, 0.15) is 4.90 Å². The lowest BCUT2D eigenvalue weighted by molar-refractivity contribution is 0.0247. The van der Waals surface area contributed by atoms with E-state index in [-0.39, 0.29) is 11.0 Å². The van der Waals surface area contributed by atoms with Crippen LogP contribution in [-0.2, 0) is 14.8 Å². The highest BCUT2D eigenvalue weighted by Gasteiger charge is 2.18. The van der Waals surface area contributed by atoms with Crippen LogP contribution in [0, 0.1) is 0 Å². The number of hydrogen-bond acceptors (Lipinski definition) is 4. The molecule has 2 N–H and O–H groups in total. The predicted octanol–water partition coefficient (Wildman–Crippen LogP) is 1.97. The van der Waals surface area contributed by atoms with E-state index in [4.69, 9.17) is 4.74 Å². The van der Waals surface area contributed by atoms with Gasteiger partial charge in [-0.1, -0.05) is 19.1 Å². The van der Waals surface area contributed by atoms with Crippen LogP contribution in [0.15, 0.2) is 29.2 Å². The molecule has 0 radical (unpaired) electrons. The maximum Gasteiger partial charge on any atom is 0.242 e. The number of hydrogen-bond donors (Lipinski definition) is 2. The van der Waals surface area contributed by atoms with Gasteiger partial charge in [0, 0.05) is 19.7 Å². The van der Waals surface area contributed by atoms with Crippen LogP contribution in [0.25, 0.3) is 0 Å². The molecule has 1 aliphatic rings. The largest absolute Gasteiger partial charge is 0.381 e. The Morgan fingerprint density at radius 3 is 2.80 bits per heavy atom. The van der Waals surface area contributed by atoms with Gasteiger partial charge in [0.15, 0.2) is 0 Å². The van der Waals surface area contributed by atoms with Crippen molar-refractivity contribution in [2.45, 2.75) is 37.2 Å². The van der Waals surface area contributed by atoms with Crippen molar-refractivity contribution in [3.05, 3.63) is 24.3 Å². The molecule has 1 saturated heterocycles. The van der Waals surface area contributed by atoms with Gasteiger partial charge in [0.25, 0.3) is 0 Å². The lowest BCUT2D eigenvalue weighted by Gasteiger charge is -2.23. The van der Waals surface area contributed by atoms with Crippen molar-refractivity contribution in [3.8, 4) is 0 Å². The van der Waals surface area contributed by atoms with E-state index in [0.717, 1.165) is 19.4 Å². The van der Waals surface area contributed by atoms with Gasteiger partial charge in [-0.2, -0.15) is 0 Å². The first-order chi connectivity index (χ1) is 9.63. The van der Waals surface area contributed by atoms with Gasteiger partial charge in [0.05, 0.1) is 11.8 Å². The fourth-order valence-corrected chi connectivity index (χ4v) is 3.53. The molecule has 1 unspecified atom stereocenters. The van der Waals surface area contributed by atoms with Crippen LogP contribution in [0.4, 0.5) is 5.69 Å². The molecule has 0 aromatic heterocycles. The minimum atomic E-state index is -3.45. The summed E-state index contributed by atoms with van der Waals surface area (Å²) in [5.41, 5.74) is 0.627. The first-order valence-corrected chi connectivity index (χ1v) is 8.56. The lowest BCUT2D eigenvalue weighted by Crippen LogP contribution is -2.28. The molecule has 1 atom stereocenters. The van der Waals surface area contributed by atoms with Crippen molar-refractivity contribution in [2.24, 2.45) is 0 Å². The fourth-order valence-electron chi connectivity index (χ4n) is 2.31. The Bertz CT molecular complexity index is 525.